The maximum Gasteiger partial charge on any atom is 0.416 e. The van der Waals surface area contributed by atoms with Gasteiger partial charge in [0.2, 0.25) is 11.8 Å². The molecule has 2 aromatic rings. The zero-order valence-electron chi connectivity index (χ0n) is 19.1. The van der Waals surface area contributed by atoms with Gasteiger partial charge in [0.25, 0.3) is 0 Å². The minimum atomic E-state index is -4.42. The number of rotatable bonds is 4. The number of anilines is 1. The van der Waals surface area contributed by atoms with E-state index in [-0.39, 0.29) is 18.9 Å². The maximum absolute atomic E-state index is 13.3. The van der Waals surface area contributed by atoms with Gasteiger partial charge in [-0.15, -0.1) is 0 Å². The first-order valence-electron chi connectivity index (χ1n) is 11.3. The average molecular weight is 489 g/mol. The van der Waals surface area contributed by atoms with Crippen molar-refractivity contribution in [1.29, 1.82) is 0 Å². The Morgan fingerprint density at radius 1 is 1.20 bits per heavy atom. The summed E-state index contributed by atoms with van der Waals surface area (Å²) in [6.07, 6.45) is -1.33. The van der Waals surface area contributed by atoms with E-state index in [0.717, 1.165) is 22.6 Å². The summed E-state index contributed by atoms with van der Waals surface area (Å²) in [5.41, 5.74) is 6.41. The van der Waals surface area contributed by atoms with Gasteiger partial charge >= 0.3 is 12.2 Å². The quantitative estimate of drug-likeness (QED) is 0.642. The van der Waals surface area contributed by atoms with Crippen molar-refractivity contribution in [3.63, 3.8) is 0 Å². The van der Waals surface area contributed by atoms with Crippen molar-refractivity contribution in [2.45, 2.75) is 37.4 Å². The van der Waals surface area contributed by atoms with Gasteiger partial charge in [-0.05, 0) is 54.7 Å². The van der Waals surface area contributed by atoms with Crippen molar-refractivity contribution in [3.05, 3.63) is 59.3 Å². The molecule has 3 heterocycles. The Labute approximate surface area is 200 Å². The number of hydrogen-bond donors (Lipinski definition) is 2. The summed E-state index contributed by atoms with van der Waals surface area (Å²) in [5, 5.41) is 2.52. The molecule has 3 N–H and O–H groups in total. The Kier molecular flexibility index (Phi) is 6.68. The Bertz CT molecular complexity index is 1120. The number of imide groups is 1. The van der Waals surface area contributed by atoms with Crippen molar-refractivity contribution in [2.75, 3.05) is 25.9 Å². The van der Waals surface area contributed by atoms with Gasteiger partial charge in [0.15, 0.2) is 0 Å². The number of alkyl halides is 3. The molecule has 0 aliphatic carbocycles. The lowest BCUT2D eigenvalue weighted by Crippen LogP contribution is -2.70. The number of nitrogen functional groups attached to an aromatic ring is 1. The van der Waals surface area contributed by atoms with Crippen LogP contribution in [-0.2, 0) is 22.2 Å². The fourth-order valence-corrected chi connectivity index (χ4v) is 4.80. The number of β-lactam (4-membered cyclic amide) rings is 1. The van der Waals surface area contributed by atoms with Gasteiger partial charge in [-0.3, -0.25) is 14.5 Å². The number of carbonyl (C=O) groups is 3. The highest BCUT2D eigenvalue weighted by Gasteiger charge is 2.55. The lowest BCUT2D eigenvalue weighted by atomic mass is 9.82. The summed E-state index contributed by atoms with van der Waals surface area (Å²) in [5.74, 6) is -1.48. The minimum Gasteiger partial charge on any atom is -0.384 e. The van der Waals surface area contributed by atoms with Crippen molar-refractivity contribution >= 4 is 23.7 Å². The van der Waals surface area contributed by atoms with E-state index in [9.17, 15) is 27.6 Å². The molecule has 4 rings (SSSR count). The normalized spacial score (nSPS) is 22.5. The number of nitrogens with zero attached hydrogens (tertiary/aromatic N) is 3. The van der Waals surface area contributed by atoms with Crippen LogP contribution in [0.4, 0.5) is 23.8 Å². The molecule has 4 amide bonds. The molecule has 11 heteroatoms. The van der Waals surface area contributed by atoms with Crippen LogP contribution in [0.25, 0.3) is 0 Å². The van der Waals surface area contributed by atoms with Crippen molar-refractivity contribution < 1.29 is 27.6 Å². The SMILES string of the molecule is CNC(=O)[C@@H]1C(Cc2ccnc(N)c2)C(=O)N1C(=O)N1CCCC(c2ccc(C(F)(F)F)cc2)C1. The van der Waals surface area contributed by atoms with Gasteiger partial charge in [-0.2, -0.15) is 13.2 Å². The number of halogens is 3. The van der Waals surface area contributed by atoms with E-state index >= 15 is 0 Å². The van der Waals surface area contributed by atoms with Crippen LogP contribution in [0.3, 0.4) is 0 Å². The topological polar surface area (TPSA) is 109 Å². The molecule has 2 saturated heterocycles. The van der Waals surface area contributed by atoms with Crippen LogP contribution in [0.1, 0.15) is 35.4 Å². The molecule has 3 atom stereocenters. The first-order chi connectivity index (χ1) is 16.6. The van der Waals surface area contributed by atoms with Crippen LogP contribution < -0.4 is 11.1 Å². The third-order valence-corrected chi connectivity index (χ3v) is 6.64. The van der Waals surface area contributed by atoms with E-state index in [1.165, 1.54) is 30.3 Å². The zero-order valence-corrected chi connectivity index (χ0v) is 19.1. The molecule has 1 aromatic carbocycles. The van der Waals surface area contributed by atoms with Gasteiger partial charge in [0.05, 0.1) is 11.5 Å². The van der Waals surface area contributed by atoms with Crippen molar-refractivity contribution in [2.24, 2.45) is 5.92 Å². The number of likely N-dealkylation sites (tertiary alicyclic amines) is 2. The summed E-state index contributed by atoms with van der Waals surface area (Å²) in [7, 11) is 1.44. The summed E-state index contributed by atoms with van der Waals surface area (Å²) in [6, 6.07) is 6.73. The molecule has 2 unspecified atom stereocenters. The number of urea groups is 1. The highest BCUT2D eigenvalue weighted by Crippen LogP contribution is 2.35. The van der Waals surface area contributed by atoms with Gasteiger partial charge in [-0.1, -0.05) is 12.1 Å². The van der Waals surface area contributed by atoms with Gasteiger partial charge in [-0.25, -0.2) is 9.78 Å². The number of hydrogen-bond acceptors (Lipinski definition) is 5. The number of likely N-dealkylation sites (N-methyl/N-ethyl adjacent to an activating group) is 1. The number of benzene rings is 1. The van der Waals surface area contributed by atoms with Gasteiger partial charge in [0.1, 0.15) is 11.9 Å². The van der Waals surface area contributed by atoms with E-state index in [2.05, 4.69) is 10.3 Å². The second kappa shape index (κ2) is 9.55. The third kappa shape index (κ3) is 4.94. The van der Waals surface area contributed by atoms with Crippen molar-refractivity contribution in [3.8, 4) is 0 Å². The Hall–Kier alpha value is -3.63. The molecule has 0 spiro atoms. The number of nitrogens with two attached hydrogens (primary N) is 1. The molecule has 8 nitrogen and oxygen atoms in total. The smallest absolute Gasteiger partial charge is 0.384 e. The van der Waals surface area contributed by atoms with E-state index < -0.39 is 41.5 Å². The molecular formula is C24H26F3N5O3. The predicted molar refractivity (Wildman–Crippen MR) is 121 cm³/mol. The molecule has 2 aliphatic rings. The molecule has 0 bridgehead atoms. The Morgan fingerprint density at radius 3 is 2.54 bits per heavy atom. The van der Waals surface area contributed by atoms with Gasteiger partial charge < -0.3 is 16.0 Å². The van der Waals surface area contributed by atoms with Gasteiger partial charge in [0, 0.05) is 32.3 Å². The van der Waals surface area contributed by atoms with Crippen LogP contribution in [-0.4, -0.2) is 58.8 Å². The number of carbonyl (C=O) groups excluding carboxylic acids is 3. The number of amides is 4. The highest BCUT2D eigenvalue weighted by molar-refractivity contribution is 6.09. The molecule has 35 heavy (non-hydrogen) atoms. The van der Waals surface area contributed by atoms with E-state index in [4.69, 9.17) is 5.73 Å². The van der Waals surface area contributed by atoms with E-state index in [1.54, 1.807) is 12.1 Å². The van der Waals surface area contributed by atoms with Crippen LogP contribution in [0, 0.1) is 5.92 Å². The first kappa shape index (κ1) is 24.5. The zero-order chi connectivity index (χ0) is 25.3. The number of pyridine rings is 1. The highest BCUT2D eigenvalue weighted by atomic mass is 19.4. The monoisotopic (exact) mass is 489 g/mol. The maximum atomic E-state index is 13.3. The van der Waals surface area contributed by atoms with Crippen LogP contribution in [0.15, 0.2) is 42.6 Å². The fraction of sp³-hybridized carbons (Fsp3) is 0.417. The predicted octanol–water partition coefficient (Wildman–Crippen LogP) is 2.80. The third-order valence-electron chi connectivity index (χ3n) is 6.64. The van der Waals surface area contributed by atoms with Crippen LogP contribution in [0.5, 0.6) is 0 Å². The number of piperidine rings is 1. The van der Waals surface area contributed by atoms with E-state index in [0.29, 0.717) is 30.8 Å². The Balaban J connectivity index is 1.48. The van der Waals surface area contributed by atoms with Crippen LogP contribution in [0.2, 0.25) is 0 Å². The lowest BCUT2D eigenvalue weighted by molar-refractivity contribution is -0.158. The second-order valence-electron chi connectivity index (χ2n) is 8.85. The summed E-state index contributed by atoms with van der Waals surface area (Å²) in [6.45, 7) is 0.645. The largest absolute Gasteiger partial charge is 0.416 e. The summed E-state index contributed by atoms with van der Waals surface area (Å²) in [4.78, 5) is 45.3. The summed E-state index contributed by atoms with van der Waals surface area (Å²) >= 11 is 0. The minimum absolute atomic E-state index is 0.166. The second-order valence-corrected chi connectivity index (χ2v) is 8.85. The molecule has 1 aromatic heterocycles. The molecule has 0 radical (unpaired) electrons. The molecule has 2 fully saturated rings. The van der Waals surface area contributed by atoms with Crippen molar-refractivity contribution in [1.82, 2.24) is 20.1 Å². The standard InChI is InChI=1S/C24H26F3N5O3/c1-29-21(33)20-18(11-14-8-9-30-19(28)12-14)22(34)32(20)23(35)31-10-2-3-16(13-31)15-4-6-17(7-5-15)24(25,26)27/h4-9,12,16,18,20H,2-3,10-11,13H2,1H3,(H2,28,30)(H,29,33)/t16?,18?,20-/m0/s1. The first-order valence-corrected chi connectivity index (χ1v) is 11.3. The molecular weight excluding hydrogens is 463 g/mol. The number of aromatic nitrogens is 1. The molecule has 186 valence electrons. The van der Waals surface area contributed by atoms with E-state index in [1.807, 2.05) is 0 Å². The molecule has 0 saturated carbocycles. The summed E-state index contributed by atoms with van der Waals surface area (Å²) < 4.78 is 38.7. The number of nitrogens with one attached hydrogen (secondary N) is 1. The Morgan fingerprint density at radius 2 is 1.91 bits per heavy atom. The van der Waals surface area contributed by atoms with Crippen LogP contribution >= 0.6 is 0 Å². The molecule has 2 aliphatic heterocycles. The lowest BCUT2D eigenvalue weighted by Gasteiger charge is -2.47. The average Bonchev–Trinajstić information content (AvgIpc) is 2.84. The fourth-order valence-electron chi connectivity index (χ4n) is 4.80.